The van der Waals surface area contributed by atoms with Crippen LogP contribution >= 0.6 is 0 Å². The van der Waals surface area contributed by atoms with Crippen molar-refractivity contribution >= 4 is 22.9 Å². The Morgan fingerprint density at radius 2 is 1.81 bits per heavy atom. The summed E-state index contributed by atoms with van der Waals surface area (Å²) in [5.74, 6) is 0.542. The number of hydrogen-bond donors (Lipinski definition) is 1. The Hall–Kier alpha value is -3.22. The summed E-state index contributed by atoms with van der Waals surface area (Å²) >= 11 is 0. The molecule has 192 valence electrons. The Balaban J connectivity index is 1.45. The van der Waals surface area contributed by atoms with E-state index >= 15 is 0 Å². The zero-order valence-corrected chi connectivity index (χ0v) is 21.6. The van der Waals surface area contributed by atoms with Gasteiger partial charge in [0.1, 0.15) is 17.0 Å². The number of nitrogens with one attached hydrogen (secondary N) is 1. The van der Waals surface area contributed by atoms with Gasteiger partial charge in [-0.25, -0.2) is 0 Å². The van der Waals surface area contributed by atoms with E-state index < -0.39 is 5.54 Å². The van der Waals surface area contributed by atoms with Crippen molar-refractivity contribution in [1.29, 1.82) is 0 Å². The smallest absolute Gasteiger partial charge is 0.271 e. The molecule has 1 atom stereocenters. The van der Waals surface area contributed by atoms with Crippen LogP contribution in [0.4, 0.5) is 0 Å². The molecule has 5 rings (SSSR count). The number of nitrogens with zero attached hydrogens (tertiary/aromatic N) is 2. The molecule has 1 N–H and O–H groups in total. The lowest BCUT2D eigenvalue weighted by Gasteiger charge is -2.44. The molecule has 7 heteroatoms. The highest BCUT2D eigenvalue weighted by molar-refractivity contribution is 6.02. The van der Waals surface area contributed by atoms with E-state index in [1.54, 1.807) is 17.2 Å². The molecule has 2 aromatic heterocycles. The standard InChI is InChI=1S/C29H37N3O4/c1-20(2)36-23-13-11-21(12-14-23)18-32-27(33)25-17-26-24(15-16-35-26)31(25)19-29(32,3)28(34)30-22-9-7-5-4-6-8-10-22/h11-17,20,22H,4-10,18-19H2,1-3H3,(H,30,34)/t29-/m0/s1. The summed E-state index contributed by atoms with van der Waals surface area (Å²) in [6, 6.07) is 11.6. The van der Waals surface area contributed by atoms with E-state index in [2.05, 4.69) is 5.32 Å². The molecule has 0 spiro atoms. The summed E-state index contributed by atoms with van der Waals surface area (Å²) in [6.07, 6.45) is 9.68. The molecule has 36 heavy (non-hydrogen) atoms. The zero-order chi connectivity index (χ0) is 25.3. The molecule has 1 fully saturated rings. The Bertz CT molecular complexity index is 1220. The molecule has 1 saturated carbocycles. The highest BCUT2D eigenvalue weighted by Crippen LogP contribution is 2.34. The third kappa shape index (κ3) is 4.75. The van der Waals surface area contributed by atoms with Crippen LogP contribution in [0.1, 0.15) is 81.8 Å². The van der Waals surface area contributed by atoms with Crippen LogP contribution in [0.25, 0.3) is 11.1 Å². The fraction of sp³-hybridized carbons (Fsp3) is 0.517. The van der Waals surface area contributed by atoms with Gasteiger partial charge in [0.25, 0.3) is 5.91 Å². The van der Waals surface area contributed by atoms with Crippen molar-refractivity contribution in [1.82, 2.24) is 14.8 Å². The van der Waals surface area contributed by atoms with Gasteiger partial charge in [0.15, 0.2) is 5.58 Å². The minimum absolute atomic E-state index is 0.0859. The normalized spacial score (nSPS) is 21.3. The fourth-order valence-electron chi connectivity index (χ4n) is 5.59. The lowest BCUT2D eigenvalue weighted by Crippen LogP contribution is -2.64. The van der Waals surface area contributed by atoms with Gasteiger partial charge in [-0.05, 0) is 51.3 Å². The molecule has 0 bridgehead atoms. The average Bonchev–Trinajstić information content (AvgIpc) is 3.41. The highest BCUT2D eigenvalue weighted by atomic mass is 16.5. The quantitative estimate of drug-likeness (QED) is 0.482. The van der Waals surface area contributed by atoms with Gasteiger partial charge < -0.3 is 23.9 Å². The SMILES string of the molecule is CC(C)Oc1ccc(CN2C(=O)c3cc4occc4n3C[C@@]2(C)C(=O)NC2CCCCCCC2)cc1. The van der Waals surface area contributed by atoms with E-state index in [0.717, 1.165) is 42.5 Å². The average molecular weight is 492 g/mol. The van der Waals surface area contributed by atoms with Gasteiger partial charge in [-0.1, -0.05) is 44.2 Å². The minimum atomic E-state index is -1.04. The van der Waals surface area contributed by atoms with Crippen LogP contribution in [0.2, 0.25) is 0 Å². The van der Waals surface area contributed by atoms with Crippen LogP contribution < -0.4 is 10.1 Å². The topological polar surface area (TPSA) is 76.7 Å². The maximum absolute atomic E-state index is 14.0. The third-order valence-corrected chi connectivity index (χ3v) is 7.61. The molecule has 7 nitrogen and oxygen atoms in total. The molecule has 1 aliphatic carbocycles. The summed E-state index contributed by atoms with van der Waals surface area (Å²) in [5, 5.41) is 3.34. The maximum Gasteiger partial charge on any atom is 0.271 e. The van der Waals surface area contributed by atoms with E-state index in [1.165, 1.54) is 19.3 Å². The third-order valence-electron chi connectivity index (χ3n) is 7.61. The molecule has 0 unspecified atom stereocenters. The first-order valence-corrected chi connectivity index (χ1v) is 13.3. The van der Waals surface area contributed by atoms with Crippen LogP contribution in [0.15, 0.2) is 47.1 Å². The van der Waals surface area contributed by atoms with Crippen molar-refractivity contribution in [2.75, 3.05) is 0 Å². The number of carbonyl (C=O) groups is 2. The lowest BCUT2D eigenvalue weighted by molar-refractivity contribution is -0.134. The second kappa shape index (κ2) is 10.0. The van der Waals surface area contributed by atoms with Crippen LogP contribution in [-0.2, 0) is 17.9 Å². The number of hydrogen-bond acceptors (Lipinski definition) is 4. The zero-order valence-electron chi connectivity index (χ0n) is 21.6. The largest absolute Gasteiger partial charge is 0.491 e. The molecule has 2 aliphatic rings. The summed E-state index contributed by atoms with van der Waals surface area (Å²) in [6.45, 7) is 6.60. The predicted molar refractivity (Wildman–Crippen MR) is 139 cm³/mol. The van der Waals surface area contributed by atoms with Crippen molar-refractivity contribution in [3.63, 3.8) is 0 Å². The van der Waals surface area contributed by atoms with Gasteiger partial charge in [0, 0.05) is 24.7 Å². The molecule has 0 saturated heterocycles. The van der Waals surface area contributed by atoms with Gasteiger partial charge in [0.2, 0.25) is 5.91 Å². The lowest BCUT2D eigenvalue weighted by atomic mass is 9.91. The van der Waals surface area contributed by atoms with Crippen molar-refractivity contribution in [3.8, 4) is 5.75 Å². The molecule has 3 aromatic rings. The first-order chi connectivity index (χ1) is 17.3. The first kappa shape index (κ1) is 24.5. The second-order valence-electron chi connectivity index (χ2n) is 10.8. The van der Waals surface area contributed by atoms with Gasteiger partial charge in [0.05, 0.1) is 24.4 Å². The van der Waals surface area contributed by atoms with E-state index in [9.17, 15) is 9.59 Å². The number of carbonyl (C=O) groups excluding carboxylic acids is 2. The Kier molecular flexibility index (Phi) is 6.82. The van der Waals surface area contributed by atoms with Crippen LogP contribution in [-0.4, -0.2) is 39.0 Å². The monoisotopic (exact) mass is 491 g/mol. The molecular formula is C29H37N3O4. The van der Waals surface area contributed by atoms with Gasteiger partial charge in [-0.2, -0.15) is 0 Å². The number of ether oxygens (including phenoxy) is 1. The molecule has 2 amide bonds. The fourth-order valence-corrected chi connectivity index (χ4v) is 5.59. The number of furan rings is 1. The van der Waals surface area contributed by atoms with Crippen molar-refractivity contribution in [2.24, 2.45) is 0 Å². The van der Waals surface area contributed by atoms with E-state index in [1.807, 2.05) is 55.7 Å². The molecule has 0 radical (unpaired) electrons. The van der Waals surface area contributed by atoms with Crippen molar-refractivity contribution in [2.45, 2.75) is 96.5 Å². The number of benzene rings is 1. The number of amides is 2. The van der Waals surface area contributed by atoms with Crippen molar-refractivity contribution in [3.05, 3.63) is 53.9 Å². The summed E-state index contributed by atoms with van der Waals surface area (Å²) < 4.78 is 13.3. The minimum Gasteiger partial charge on any atom is -0.491 e. The number of fused-ring (bicyclic) bond motifs is 3. The van der Waals surface area contributed by atoms with Gasteiger partial charge in [-0.15, -0.1) is 0 Å². The summed E-state index contributed by atoms with van der Waals surface area (Å²) in [4.78, 5) is 29.6. The highest BCUT2D eigenvalue weighted by Gasteiger charge is 2.48. The van der Waals surface area contributed by atoms with Gasteiger partial charge >= 0.3 is 0 Å². The predicted octanol–water partition coefficient (Wildman–Crippen LogP) is 5.67. The Labute approximate surface area is 212 Å². The summed E-state index contributed by atoms with van der Waals surface area (Å²) in [7, 11) is 0. The van der Waals surface area contributed by atoms with Crippen LogP contribution in [0.5, 0.6) is 5.75 Å². The molecule has 1 aromatic carbocycles. The molecule has 3 heterocycles. The van der Waals surface area contributed by atoms with Crippen LogP contribution in [0, 0.1) is 0 Å². The molecule has 1 aliphatic heterocycles. The Morgan fingerprint density at radius 1 is 1.11 bits per heavy atom. The van der Waals surface area contributed by atoms with E-state index in [-0.39, 0.29) is 24.0 Å². The van der Waals surface area contributed by atoms with Crippen molar-refractivity contribution < 1.29 is 18.7 Å². The second-order valence-corrected chi connectivity index (χ2v) is 10.8. The van der Waals surface area contributed by atoms with E-state index in [0.29, 0.717) is 24.4 Å². The van der Waals surface area contributed by atoms with Gasteiger partial charge in [-0.3, -0.25) is 9.59 Å². The summed E-state index contributed by atoms with van der Waals surface area (Å²) in [5.41, 5.74) is 1.98. The van der Waals surface area contributed by atoms with E-state index in [4.69, 9.17) is 9.15 Å². The Morgan fingerprint density at radius 3 is 2.50 bits per heavy atom. The number of rotatable bonds is 6. The number of aromatic nitrogens is 1. The molecular weight excluding hydrogens is 454 g/mol. The van der Waals surface area contributed by atoms with Crippen LogP contribution in [0.3, 0.4) is 0 Å². The maximum atomic E-state index is 14.0. The first-order valence-electron chi connectivity index (χ1n) is 13.3.